The van der Waals surface area contributed by atoms with Gasteiger partial charge >= 0.3 is 0 Å². The monoisotopic (exact) mass is 228 g/mol. The lowest BCUT2D eigenvalue weighted by molar-refractivity contribution is 0.346. The van der Waals surface area contributed by atoms with Gasteiger partial charge in [0.25, 0.3) is 0 Å². The fraction of sp³-hybridized carbons (Fsp3) is 0.357. The Hall–Kier alpha value is -1.61. The zero-order valence-electron chi connectivity index (χ0n) is 9.94. The first-order valence-electron chi connectivity index (χ1n) is 6.14. The first-order valence-corrected chi connectivity index (χ1v) is 6.14. The van der Waals surface area contributed by atoms with E-state index >= 15 is 0 Å². The van der Waals surface area contributed by atoms with Gasteiger partial charge in [-0.2, -0.15) is 0 Å². The van der Waals surface area contributed by atoms with Crippen LogP contribution in [0.3, 0.4) is 0 Å². The van der Waals surface area contributed by atoms with Crippen molar-refractivity contribution >= 4 is 0 Å². The molecule has 1 aromatic carbocycles. The Labute approximate surface area is 101 Å². The molecule has 17 heavy (non-hydrogen) atoms. The molecule has 2 aromatic rings. The maximum absolute atomic E-state index is 5.87. The van der Waals surface area contributed by atoms with Crippen LogP contribution in [0.2, 0.25) is 0 Å². The van der Waals surface area contributed by atoms with Gasteiger partial charge in [-0.3, -0.25) is 0 Å². The summed E-state index contributed by atoms with van der Waals surface area (Å²) < 4.78 is 5.87. The smallest absolute Gasteiger partial charge is 0.200 e. The standard InChI is InChI=1S/C14H16N2O/c1-2-12-13(10-6-4-3-5-7-10)16-14(17-12)11-8-15-9-11/h3-7,11,15H,2,8-9H2,1H3. The summed E-state index contributed by atoms with van der Waals surface area (Å²) in [5, 5.41) is 3.25. The normalized spacial score (nSPS) is 15.8. The lowest BCUT2D eigenvalue weighted by Gasteiger charge is -2.23. The van der Waals surface area contributed by atoms with Crippen LogP contribution in [0, 0.1) is 0 Å². The van der Waals surface area contributed by atoms with E-state index in [4.69, 9.17) is 4.42 Å². The van der Waals surface area contributed by atoms with Crippen LogP contribution in [0.15, 0.2) is 34.7 Å². The summed E-state index contributed by atoms with van der Waals surface area (Å²) in [6, 6.07) is 10.3. The molecule has 3 rings (SSSR count). The largest absolute Gasteiger partial charge is 0.445 e. The fourth-order valence-corrected chi connectivity index (χ4v) is 2.07. The Morgan fingerprint density at radius 3 is 2.65 bits per heavy atom. The fourth-order valence-electron chi connectivity index (χ4n) is 2.07. The Kier molecular flexibility index (Phi) is 2.69. The minimum absolute atomic E-state index is 0.456. The predicted molar refractivity (Wildman–Crippen MR) is 66.9 cm³/mol. The molecule has 3 nitrogen and oxygen atoms in total. The quantitative estimate of drug-likeness (QED) is 0.877. The van der Waals surface area contributed by atoms with E-state index in [0.29, 0.717) is 5.92 Å². The average Bonchev–Trinajstić information content (AvgIpc) is 2.72. The third-order valence-corrected chi connectivity index (χ3v) is 3.21. The van der Waals surface area contributed by atoms with Gasteiger partial charge in [-0.25, -0.2) is 4.98 Å². The number of rotatable bonds is 3. The predicted octanol–water partition coefficient (Wildman–Crippen LogP) is 2.59. The number of aryl methyl sites for hydroxylation is 1. The molecule has 0 bridgehead atoms. The van der Waals surface area contributed by atoms with E-state index in [-0.39, 0.29) is 0 Å². The molecule has 2 heterocycles. The third kappa shape index (κ3) is 1.87. The molecule has 0 saturated carbocycles. The summed E-state index contributed by atoms with van der Waals surface area (Å²) in [5.41, 5.74) is 2.15. The molecule has 1 aliphatic heterocycles. The number of nitrogens with one attached hydrogen (secondary N) is 1. The molecule has 3 heteroatoms. The van der Waals surface area contributed by atoms with Gasteiger partial charge in [-0.15, -0.1) is 0 Å². The Balaban J connectivity index is 2.00. The molecule has 1 aliphatic rings. The molecule has 88 valence electrons. The molecule has 1 saturated heterocycles. The highest BCUT2D eigenvalue weighted by atomic mass is 16.4. The second-order valence-electron chi connectivity index (χ2n) is 4.40. The molecule has 0 amide bonds. The number of oxazole rings is 1. The minimum atomic E-state index is 0.456. The zero-order chi connectivity index (χ0) is 11.7. The Bertz CT molecular complexity index is 500. The van der Waals surface area contributed by atoms with Crippen LogP contribution in [-0.2, 0) is 6.42 Å². The zero-order valence-corrected chi connectivity index (χ0v) is 9.94. The van der Waals surface area contributed by atoms with Crippen LogP contribution in [0.25, 0.3) is 11.3 Å². The van der Waals surface area contributed by atoms with Gasteiger partial charge in [0.1, 0.15) is 11.5 Å². The average molecular weight is 228 g/mol. The third-order valence-electron chi connectivity index (χ3n) is 3.21. The lowest BCUT2D eigenvalue weighted by atomic mass is 10.0. The molecule has 0 unspecified atom stereocenters. The molecule has 0 atom stereocenters. The van der Waals surface area contributed by atoms with Crippen LogP contribution in [-0.4, -0.2) is 18.1 Å². The van der Waals surface area contributed by atoms with E-state index in [0.717, 1.165) is 42.4 Å². The van der Waals surface area contributed by atoms with Gasteiger partial charge < -0.3 is 9.73 Å². The Morgan fingerprint density at radius 1 is 1.29 bits per heavy atom. The van der Waals surface area contributed by atoms with Crippen molar-refractivity contribution in [3.8, 4) is 11.3 Å². The summed E-state index contributed by atoms with van der Waals surface area (Å²) in [5.74, 6) is 2.34. The van der Waals surface area contributed by atoms with E-state index in [9.17, 15) is 0 Å². The molecule has 1 N–H and O–H groups in total. The first-order chi connectivity index (χ1) is 8.38. The van der Waals surface area contributed by atoms with Crippen molar-refractivity contribution in [2.45, 2.75) is 19.3 Å². The van der Waals surface area contributed by atoms with E-state index in [2.05, 4.69) is 29.4 Å². The van der Waals surface area contributed by atoms with Crippen LogP contribution in [0.4, 0.5) is 0 Å². The summed E-state index contributed by atoms with van der Waals surface area (Å²) in [6.45, 7) is 4.07. The van der Waals surface area contributed by atoms with Crippen molar-refractivity contribution in [2.24, 2.45) is 0 Å². The van der Waals surface area contributed by atoms with Gasteiger partial charge in [-0.05, 0) is 0 Å². The summed E-state index contributed by atoms with van der Waals surface area (Å²) in [4.78, 5) is 4.67. The number of aromatic nitrogens is 1. The SMILES string of the molecule is CCc1oc(C2CNC2)nc1-c1ccccc1. The van der Waals surface area contributed by atoms with Gasteiger partial charge in [0, 0.05) is 25.1 Å². The number of hydrogen-bond acceptors (Lipinski definition) is 3. The number of nitrogens with zero attached hydrogens (tertiary/aromatic N) is 1. The van der Waals surface area contributed by atoms with Crippen molar-refractivity contribution in [1.29, 1.82) is 0 Å². The highest BCUT2D eigenvalue weighted by Gasteiger charge is 2.25. The second kappa shape index (κ2) is 4.34. The van der Waals surface area contributed by atoms with Gasteiger partial charge in [0.05, 0.1) is 5.92 Å². The van der Waals surface area contributed by atoms with Crippen LogP contribution < -0.4 is 5.32 Å². The summed E-state index contributed by atoms with van der Waals surface area (Å²) in [6.07, 6.45) is 0.886. The van der Waals surface area contributed by atoms with Gasteiger partial charge in [0.2, 0.25) is 5.89 Å². The topological polar surface area (TPSA) is 38.1 Å². The van der Waals surface area contributed by atoms with Gasteiger partial charge in [0.15, 0.2) is 0 Å². The van der Waals surface area contributed by atoms with Crippen LogP contribution in [0.1, 0.15) is 24.5 Å². The molecular weight excluding hydrogens is 212 g/mol. The van der Waals surface area contributed by atoms with Crippen LogP contribution >= 0.6 is 0 Å². The van der Waals surface area contributed by atoms with Crippen molar-refractivity contribution in [1.82, 2.24) is 10.3 Å². The van der Waals surface area contributed by atoms with E-state index < -0.39 is 0 Å². The Morgan fingerprint density at radius 2 is 2.06 bits per heavy atom. The number of hydrogen-bond donors (Lipinski definition) is 1. The highest BCUT2D eigenvalue weighted by molar-refractivity contribution is 5.61. The molecule has 0 spiro atoms. The van der Waals surface area contributed by atoms with E-state index in [1.165, 1.54) is 0 Å². The van der Waals surface area contributed by atoms with E-state index in [1.807, 2.05) is 18.2 Å². The van der Waals surface area contributed by atoms with Crippen molar-refractivity contribution in [2.75, 3.05) is 13.1 Å². The molecule has 1 fully saturated rings. The highest BCUT2D eigenvalue weighted by Crippen LogP contribution is 2.28. The lowest BCUT2D eigenvalue weighted by Crippen LogP contribution is -2.40. The number of benzene rings is 1. The first kappa shape index (κ1) is 10.5. The maximum atomic E-state index is 5.87. The van der Waals surface area contributed by atoms with Gasteiger partial charge in [-0.1, -0.05) is 37.3 Å². The van der Waals surface area contributed by atoms with Crippen molar-refractivity contribution in [3.05, 3.63) is 42.0 Å². The second-order valence-corrected chi connectivity index (χ2v) is 4.40. The summed E-state index contributed by atoms with van der Waals surface area (Å²) in [7, 11) is 0. The molecule has 0 radical (unpaired) electrons. The maximum Gasteiger partial charge on any atom is 0.200 e. The molecule has 1 aromatic heterocycles. The molecular formula is C14H16N2O. The molecule has 0 aliphatic carbocycles. The van der Waals surface area contributed by atoms with Crippen molar-refractivity contribution in [3.63, 3.8) is 0 Å². The van der Waals surface area contributed by atoms with Crippen LogP contribution in [0.5, 0.6) is 0 Å². The van der Waals surface area contributed by atoms with E-state index in [1.54, 1.807) is 0 Å². The minimum Gasteiger partial charge on any atom is -0.445 e. The summed E-state index contributed by atoms with van der Waals surface area (Å²) >= 11 is 0. The van der Waals surface area contributed by atoms with Crippen molar-refractivity contribution < 1.29 is 4.42 Å².